The van der Waals surface area contributed by atoms with E-state index in [1.54, 1.807) is 6.26 Å². The van der Waals surface area contributed by atoms with Crippen LogP contribution in [-0.2, 0) is 6.54 Å². The Labute approximate surface area is 140 Å². The van der Waals surface area contributed by atoms with E-state index < -0.39 is 0 Å². The standard InChI is InChI=1S/C16H22N4O2S/c1-12-15(23-19-18-12)16(21)17-7-6-13-4-2-8-20(10-13)11-14-5-3-9-22-14/h3,5,9,13H,2,4,6-8,10-11H2,1H3,(H,17,21)/t13-/m1/s1. The van der Waals surface area contributed by atoms with E-state index in [0.717, 1.165) is 43.3 Å². The van der Waals surface area contributed by atoms with Gasteiger partial charge in [-0.3, -0.25) is 9.69 Å². The lowest BCUT2D eigenvalue weighted by Gasteiger charge is -2.32. The highest BCUT2D eigenvalue weighted by molar-refractivity contribution is 7.07. The zero-order valence-electron chi connectivity index (χ0n) is 13.3. The highest BCUT2D eigenvalue weighted by Gasteiger charge is 2.21. The fourth-order valence-electron chi connectivity index (χ4n) is 3.06. The number of aryl methyl sites for hydroxylation is 1. The number of hydrogen-bond acceptors (Lipinski definition) is 6. The predicted molar refractivity (Wildman–Crippen MR) is 88.3 cm³/mol. The van der Waals surface area contributed by atoms with Crippen LogP contribution < -0.4 is 5.32 Å². The van der Waals surface area contributed by atoms with Crippen LogP contribution >= 0.6 is 11.5 Å². The molecule has 0 saturated carbocycles. The number of amides is 1. The molecule has 2 aromatic rings. The van der Waals surface area contributed by atoms with E-state index in [-0.39, 0.29) is 5.91 Å². The van der Waals surface area contributed by atoms with Crippen molar-refractivity contribution < 1.29 is 9.21 Å². The van der Waals surface area contributed by atoms with Crippen molar-refractivity contribution in [2.24, 2.45) is 5.92 Å². The van der Waals surface area contributed by atoms with Crippen molar-refractivity contribution in [1.82, 2.24) is 19.8 Å². The minimum atomic E-state index is -0.0549. The van der Waals surface area contributed by atoms with Gasteiger partial charge in [0.1, 0.15) is 10.6 Å². The molecule has 1 atom stereocenters. The molecule has 1 aliphatic rings. The average Bonchev–Trinajstić information content (AvgIpc) is 3.19. The molecule has 1 fully saturated rings. The molecule has 0 aliphatic carbocycles. The molecule has 6 nitrogen and oxygen atoms in total. The van der Waals surface area contributed by atoms with Gasteiger partial charge in [-0.15, -0.1) is 5.10 Å². The van der Waals surface area contributed by atoms with Gasteiger partial charge in [-0.05, 0) is 62.3 Å². The monoisotopic (exact) mass is 334 g/mol. The minimum Gasteiger partial charge on any atom is -0.468 e. The summed E-state index contributed by atoms with van der Waals surface area (Å²) in [5, 5.41) is 6.86. The Balaban J connectivity index is 1.41. The maximum absolute atomic E-state index is 12.0. The SMILES string of the molecule is Cc1nnsc1C(=O)NCC[C@H]1CCCN(Cc2ccco2)C1. The molecule has 0 radical (unpaired) electrons. The number of nitrogens with one attached hydrogen (secondary N) is 1. The van der Waals surface area contributed by atoms with Crippen molar-refractivity contribution in [2.45, 2.75) is 32.7 Å². The lowest BCUT2D eigenvalue weighted by atomic mass is 9.94. The summed E-state index contributed by atoms with van der Waals surface area (Å²) in [6, 6.07) is 3.96. The smallest absolute Gasteiger partial charge is 0.264 e. The summed E-state index contributed by atoms with van der Waals surface area (Å²) in [4.78, 5) is 15.1. The van der Waals surface area contributed by atoms with Crippen LogP contribution in [0, 0.1) is 12.8 Å². The minimum absolute atomic E-state index is 0.0549. The highest BCUT2D eigenvalue weighted by Crippen LogP contribution is 2.21. The van der Waals surface area contributed by atoms with Crippen LogP contribution in [0.2, 0.25) is 0 Å². The molecule has 124 valence electrons. The van der Waals surface area contributed by atoms with Crippen molar-refractivity contribution in [1.29, 1.82) is 0 Å². The predicted octanol–water partition coefficient (Wildman–Crippen LogP) is 2.47. The Bertz CT molecular complexity index is 626. The first kappa shape index (κ1) is 16.1. The van der Waals surface area contributed by atoms with Crippen LogP contribution in [-0.4, -0.2) is 40.0 Å². The van der Waals surface area contributed by atoms with Gasteiger partial charge in [0.05, 0.1) is 18.5 Å². The molecule has 2 aromatic heterocycles. The van der Waals surface area contributed by atoms with Crippen LogP contribution in [0.15, 0.2) is 22.8 Å². The Morgan fingerprint density at radius 2 is 2.48 bits per heavy atom. The number of nitrogens with zero attached hydrogens (tertiary/aromatic N) is 3. The van der Waals surface area contributed by atoms with Gasteiger partial charge in [-0.25, -0.2) is 0 Å². The first-order valence-electron chi connectivity index (χ1n) is 8.04. The van der Waals surface area contributed by atoms with E-state index >= 15 is 0 Å². The highest BCUT2D eigenvalue weighted by atomic mass is 32.1. The van der Waals surface area contributed by atoms with Gasteiger partial charge in [0.25, 0.3) is 5.91 Å². The summed E-state index contributed by atoms with van der Waals surface area (Å²) >= 11 is 1.15. The number of likely N-dealkylation sites (tertiary alicyclic amines) is 1. The molecule has 0 unspecified atom stereocenters. The summed E-state index contributed by atoms with van der Waals surface area (Å²) < 4.78 is 9.23. The van der Waals surface area contributed by atoms with Crippen LogP contribution in [0.5, 0.6) is 0 Å². The molecule has 3 rings (SSSR count). The summed E-state index contributed by atoms with van der Waals surface area (Å²) in [5.74, 6) is 1.59. The zero-order chi connectivity index (χ0) is 16.1. The molecule has 3 heterocycles. The zero-order valence-corrected chi connectivity index (χ0v) is 14.1. The van der Waals surface area contributed by atoms with Gasteiger partial charge in [0.15, 0.2) is 0 Å². The number of furan rings is 1. The fourth-order valence-corrected chi connectivity index (χ4v) is 3.64. The molecule has 7 heteroatoms. The molecular formula is C16H22N4O2S. The van der Waals surface area contributed by atoms with Crippen molar-refractivity contribution >= 4 is 17.4 Å². The van der Waals surface area contributed by atoms with E-state index in [9.17, 15) is 4.79 Å². The first-order chi connectivity index (χ1) is 11.2. The van der Waals surface area contributed by atoms with Crippen LogP contribution in [0.25, 0.3) is 0 Å². The topological polar surface area (TPSA) is 71.3 Å². The summed E-state index contributed by atoms with van der Waals surface area (Å²) in [6.07, 6.45) is 5.16. The van der Waals surface area contributed by atoms with Crippen LogP contribution in [0.1, 0.15) is 40.4 Å². The quantitative estimate of drug-likeness (QED) is 0.879. The molecule has 1 saturated heterocycles. The first-order valence-corrected chi connectivity index (χ1v) is 8.81. The lowest BCUT2D eigenvalue weighted by molar-refractivity contribution is 0.0949. The molecular weight excluding hydrogens is 312 g/mol. The second-order valence-corrected chi connectivity index (χ2v) is 6.81. The van der Waals surface area contributed by atoms with E-state index in [0.29, 0.717) is 23.0 Å². The van der Waals surface area contributed by atoms with E-state index in [4.69, 9.17) is 4.42 Å². The van der Waals surface area contributed by atoms with E-state index in [2.05, 4.69) is 19.8 Å². The second kappa shape index (κ2) is 7.70. The number of hydrogen-bond donors (Lipinski definition) is 1. The van der Waals surface area contributed by atoms with Gasteiger partial charge in [0, 0.05) is 13.1 Å². The van der Waals surface area contributed by atoms with Gasteiger partial charge in [-0.2, -0.15) is 0 Å². The molecule has 23 heavy (non-hydrogen) atoms. The summed E-state index contributed by atoms with van der Waals surface area (Å²) in [6.45, 7) is 5.58. The van der Waals surface area contributed by atoms with Gasteiger partial charge in [0.2, 0.25) is 0 Å². The van der Waals surface area contributed by atoms with Gasteiger partial charge in [-0.1, -0.05) is 4.49 Å². The van der Waals surface area contributed by atoms with Gasteiger partial charge >= 0.3 is 0 Å². The maximum Gasteiger partial charge on any atom is 0.264 e. The van der Waals surface area contributed by atoms with Crippen LogP contribution in [0.4, 0.5) is 0 Å². The molecule has 1 aliphatic heterocycles. The average molecular weight is 334 g/mol. The van der Waals surface area contributed by atoms with E-state index in [1.165, 1.54) is 12.8 Å². The Morgan fingerprint density at radius 1 is 1.57 bits per heavy atom. The largest absolute Gasteiger partial charge is 0.468 e. The third kappa shape index (κ3) is 4.39. The molecule has 0 spiro atoms. The third-order valence-corrected chi connectivity index (χ3v) is 5.09. The normalized spacial score (nSPS) is 18.9. The number of aromatic nitrogens is 2. The van der Waals surface area contributed by atoms with E-state index in [1.807, 2.05) is 19.1 Å². The van der Waals surface area contributed by atoms with Crippen molar-refractivity contribution in [3.05, 3.63) is 34.7 Å². The lowest BCUT2D eigenvalue weighted by Crippen LogP contribution is -2.36. The van der Waals surface area contributed by atoms with Crippen LogP contribution in [0.3, 0.4) is 0 Å². The van der Waals surface area contributed by atoms with Crippen molar-refractivity contribution in [3.8, 4) is 0 Å². The number of carbonyl (C=O) groups excluding carboxylic acids is 1. The Kier molecular flexibility index (Phi) is 5.40. The number of piperidine rings is 1. The Hall–Kier alpha value is -1.73. The molecule has 1 N–H and O–H groups in total. The third-order valence-electron chi connectivity index (χ3n) is 4.26. The summed E-state index contributed by atoms with van der Waals surface area (Å²) in [5.41, 5.74) is 0.704. The number of carbonyl (C=O) groups is 1. The number of rotatable bonds is 6. The molecule has 0 aromatic carbocycles. The maximum atomic E-state index is 12.0. The summed E-state index contributed by atoms with van der Waals surface area (Å²) in [7, 11) is 0. The molecule has 0 bridgehead atoms. The second-order valence-electron chi connectivity index (χ2n) is 6.05. The fraction of sp³-hybridized carbons (Fsp3) is 0.562. The molecule has 1 amide bonds. The van der Waals surface area contributed by atoms with Crippen molar-refractivity contribution in [3.63, 3.8) is 0 Å². The van der Waals surface area contributed by atoms with Gasteiger partial charge < -0.3 is 9.73 Å². The Morgan fingerprint density at radius 3 is 3.22 bits per heavy atom. The van der Waals surface area contributed by atoms with Crippen molar-refractivity contribution in [2.75, 3.05) is 19.6 Å².